The van der Waals surface area contributed by atoms with Crippen molar-refractivity contribution in [3.05, 3.63) is 34.9 Å². The predicted octanol–water partition coefficient (Wildman–Crippen LogP) is 5.27. The Bertz CT molecular complexity index is 854. The van der Waals surface area contributed by atoms with E-state index in [0.717, 1.165) is 50.9 Å². The summed E-state index contributed by atoms with van der Waals surface area (Å²) in [5, 5.41) is 3.58. The minimum atomic E-state index is -0.556. The first kappa shape index (κ1) is 29.5. The van der Waals surface area contributed by atoms with E-state index in [1.165, 1.54) is 18.6 Å². The van der Waals surface area contributed by atoms with Gasteiger partial charge in [-0.1, -0.05) is 30.7 Å². The van der Waals surface area contributed by atoms with Gasteiger partial charge in [0.2, 0.25) is 0 Å². The van der Waals surface area contributed by atoms with Gasteiger partial charge in [0, 0.05) is 56.9 Å². The van der Waals surface area contributed by atoms with Crippen molar-refractivity contribution in [2.24, 2.45) is 11.8 Å². The van der Waals surface area contributed by atoms with Crippen LogP contribution in [0.25, 0.3) is 0 Å². The van der Waals surface area contributed by atoms with Crippen LogP contribution in [0.15, 0.2) is 24.3 Å². The van der Waals surface area contributed by atoms with Gasteiger partial charge >= 0.3 is 12.1 Å². The number of hydrogen-bond acceptors (Lipinski definition) is 6. The van der Waals surface area contributed by atoms with Gasteiger partial charge in [-0.15, -0.1) is 0 Å². The zero-order valence-electron chi connectivity index (χ0n) is 22.5. The largest absolute Gasteiger partial charge is 0.451 e. The number of rotatable bonds is 11. The summed E-state index contributed by atoms with van der Waals surface area (Å²) in [6.07, 6.45) is 5.02. The average Bonchev–Trinajstić information content (AvgIpc) is 2.93. The number of methoxy groups -OCH3 is 1. The van der Waals surface area contributed by atoms with Gasteiger partial charge < -0.3 is 14.4 Å². The zero-order valence-corrected chi connectivity index (χ0v) is 23.3. The second kappa shape index (κ2) is 15.4. The molecule has 1 N–H and O–H groups in total. The number of benzene rings is 1. The van der Waals surface area contributed by atoms with Gasteiger partial charge in [-0.25, -0.2) is 15.0 Å². The molecule has 37 heavy (non-hydrogen) atoms. The number of amides is 3. The molecule has 2 fully saturated rings. The van der Waals surface area contributed by atoms with Crippen LogP contribution >= 0.6 is 11.6 Å². The molecule has 0 radical (unpaired) electrons. The molecule has 2 aliphatic rings. The van der Waals surface area contributed by atoms with E-state index in [4.69, 9.17) is 25.9 Å². The van der Waals surface area contributed by atoms with Gasteiger partial charge in [0.05, 0.1) is 7.11 Å². The SMILES string of the molecule is CCNN(CCCC1CCCOC1)C(=O)N1CCCC([C@@H](ON(CC)C(=O)OC)c2cccc(Cl)c2)C1. The van der Waals surface area contributed by atoms with Crippen molar-refractivity contribution in [2.75, 3.05) is 53.0 Å². The summed E-state index contributed by atoms with van der Waals surface area (Å²) in [6.45, 7) is 8.40. The van der Waals surface area contributed by atoms with Gasteiger partial charge in [-0.05, 0) is 69.1 Å². The summed E-state index contributed by atoms with van der Waals surface area (Å²) in [6, 6.07) is 7.47. The van der Waals surface area contributed by atoms with Crippen LogP contribution in [0, 0.1) is 11.8 Å². The molecular formula is C27H43ClN4O5. The molecule has 2 aliphatic heterocycles. The van der Waals surface area contributed by atoms with Crippen LogP contribution in [0.3, 0.4) is 0 Å². The molecule has 1 aromatic rings. The molecule has 2 heterocycles. The van der Waals surface area contributed by atoms with Gasteiger partial charge in [0.1, 0.15) is 6.10 Å². The van der Waals surface area contributed by atoms with Crippen LogP contribution in [0.1, 0.15) is 64.0 Å². The molecular weight excluding hydrogens is 496 g/mol. The third kappa shape index (κ3) is 8.74. The second-order valence-corrected chi connectivity index (χ2v) is 10.2. The Hall–Kier alpha value is -2.07. The van der Waals surface area contributed by atoms with Gasteiger partial charge in [-0.3, -0.25) is 9.85 Å². The molecule has 0 aromatic heterocycles. The lowest BCUT2D eigenvalue weighted by atomic mass is 9.88. The van der Waals surface area contributed by atoms with Gasteiger partial charge in [-0.2, -0.15) is 5.06 Å². The number of hydroxylamine groups is 2. The van der Waals surface area contributed by atoms with E-state index in [1.54, 1.807) is 5.01 Å². The summed E-state index contributed by atoms with van der Waals surface area (Å²) < 4.78 is 10.5. The van der Waals surface area contributed by atoms with E-state index >= 15 is 0 Å². The third-order valence-electron chi connectivity index (χ3n) is 7.07. The average molecular weight is 539 g/mol. The quantitative estimate of drug-likeness (QED) is 0.387. The smallest absolute Gasteiger partial charge is 0.433 e. The van der Waals surface area contributed by atoms with Crippen LogP contribution in [0.4, 0.5) is 9.59 Å². The molecule has 9 nitrogen and oxygen atoms in total. The number of hydrogen-bond donors (Lipinski definition) is 1. The minimum Gasteiger partial charge on any atom is -0.451 e. The number of halogens is 1. The standard InChI is InChI=1S/C27H43ClN4O5/c1-4-29-31(16-7-10-21-11-9-17-36-20-21)26(33)30-15-8-13-23(19-30)25(22-12-6-14-24(28)18-22)37-32(5-2)27(34)35-3/h6,12,14,18,21,23,25,29H,4-5,7-11,13,15-17,19-20H2,1-3H3/t21?,23?,25-/m0/s1. The lowest BCUT2D eigenvalue weighted by Crippen LogP contribution is -2.53. The van der Waals surface area contributed by atoms with Crippen molar-refractivity contribution in [1.82, 2.24) is 20.4 Å². The first-order valence-corrected chi connectivity index (χ1v) is 14.0. The van der Waals surface area contributed by atoms with Crippen molar-refractivity contribution in [3.8, 4) is 0 Å². The highest BCUT2D eigenvalue weighted by Crippen LogP contribution is 2.35. The topological polar surface area (TPSA) is 83.6 Å². The maximum absolute atomic E-state index is 13.6. The second-order valence-electron chi connectivity index (χ2n) is 9.77. The fraction of sp³-hybridized carbons (Fsp3) is 0.704. The van der Waals surface area contributed by atoms with E-state index in [2.05, 4.69) is 5.43 Å². The third-order valence-corrected chi connectivity index (χ3v) is 7.30. The van der Waals surface area contributed by atoms with Gasteiger partial charge in [0.25, 0.3) is 0 Å². The Labute approximate surface area is 226 Å². The molecule has 1 aromatic carbocycles. The van der Waals surface area contributed by atoms with E-state index < -0.39 is 12.2 Å². The normalized spacial score (nSPS) is 20.8. The first-order valence-electron chi connectivity index (χ1n) is 13.6. The molecule has 0 spiro atoms. The summed E-state index contributed by atoms with van der Waals surface area (Å²) in [7, 11) is 1.33. The van der Waals surface area contributed by atoms with Gasteiger partial charge in [0.15, 0.2) is 0 Å². The number of ether oxygens (including phenoxy) is 2. The number of piperidine rings is 1. The number of carbonyl (C=O) groups is 2. The van der Waals surface area contributed by atoms with Crippen molar-refractivity contribution in [1.29, 1.82) is 0 Å². The van der Waals surface area contributed by atoms with Crippen LogP contribution in [-0.4, -0.2) is 80.1 Å². The lowest BCUT2D eigenvalue weighted by Gasteiger charge is -2.40. The highest BCUT2D eigenvalue weighted by atomic mass is 35.5. The minimum absolute atomic E-state index is 0.0160. The number of nitrogens with zero attached hydrogens (tertiary/aromatic N) is 3. The molecule has 10 heteroatoms. The number of hydrazine groups is 1. The predicted molar refractivity (Wildman–Crippen MR) is 143 cm³/mol. The van der Waals surface area contributed by atoms with Crippen LogP contribution in [0.5, 0.6) is 0 Å². The molecule has 3 atom stereocenters. The fourth-order valence-corrected chi connectivity index (χ4v) is 5.39. The summed E-state index contributed by atoms with van der Waals surface area (Å²) in [4.78, 5) is 34.0. The van der Waals surface area contributed by atoms with Crippen molar-refractivity contribution in [3.63, 3.8) is 0 Å². The molecule has 3 rings (SSSR count). The van der Waals surface area contributed by atoms with E-state index in [1.807, 2.05) is 43.0 Å². The Morgan fingerprint density at radius 1 is 1.27 bits per heavy atom. The molecule has 3 amide bonds. The molecule has 0 saturated carbocycles. The summed E-state index contributed by atoms with van der Waals surface area (Å²) in [5.74, 6) is 0.566. The highest BCUT2D eigenvalue weighted by molar-refractivity contribution is 6.30. The number of nitrogens with one attached hydrogen (secondary N) is 1. The van der Waals surface area contributed by atoms with Crippen LogP contribution in [-0.2, 0) is 14.3 Å². The Morgan fingerprint density at radius 2 is 2.11 bits per heavy atom. The maximum Gasteiger partial charge on any atom is 0.433 e. The molecule has 2 unspecified atom stereocenters. The molecule has 0 bridgehead atoms. The molecule has 208 valence electrons. The molecule has 2 saturated heterocycles. The summed E-state index contributed by atoms with van der Waals surface area (Å²) in [5.41, 5.74) is 4.13. The Balaban J connectivity index is 1.69. The van der Waals surface area contributed by atoms with Crippen molar-refractivity contribution < 1.29 is 23.9 Å². The first-order chi connectivity index (χ1) is 18.0. The van der Waals surface area contributed by atoms with E-state index in [-0.39, 0.29) is 11.9 Å². The van der Waals surface area contributed by atoms with Crippen molar-refractivity contribution >= 4 is 23.7 Å². The monoisotopic (exact) mass is 538 g/mol. The Kier molecular flexibility index (Phi) is 12.2. The number of carbonyl (C=O) groups excluding carboxylic acids is 2. The van der Waals surface area contributed by atoms with E-state index in [9.17, 15) is 9.59 Å². The van der Waals surface area contributed by atoms with Crippen LogP contribution < -0.4 is 5.43 Å². The Morgan fingerprint density at radius 3 is 2.78 bits per heavy atom. The fourth-order valence-electron chi connectivity index (χ4n) is 5.20. The molecule has 0 aliphatic carbocycles. The number of urea groups is 1. The summed E-state index contributed by atoms with van der Waals surface area (Å²) >= 11 is 6.30. The van der Waals surface area contributed by atoms with Crippen molar-refractivity contribution in [2.45, 2.75) is 58.5 Å². The highest BCUT2D eigenvalue weighted by Gasteiger charge is 2.35. The van der Waals surface area contributed by atoms with E-state index in [0.29, 0.717) is 43.7 Å². The zero-order chi connectivity index (χ0) is 26.6. The number of likely N-dealkylation sites (tertiary alicyclic amines) is 1. The maximum atomic E-state index is 13.6. The lowest BCUT2D eigenvalue weighted by molar-refractivity contribution is -0.193. The van der Waals surface area contributed by atoms with Crippen LogP contribution in [0.2, 0.25) is 5.02 Å².